The minimum atomic E-state index is -4.80. The molecule has 1 saturated heterocycles. The largest absolute Gasteiger partial charge is 0.573 e. The van der Waals surface area contributed by atoms with Crippen molar-refractivity contribution in [3.63, 3.8) is 0 Å². The second-order valence-corrected chi connectivity index (χ2v) is 10.6. The van der Waals surface area contributed by atoms with E-state index in [-0.39, 0.29) is 29.7 Å². The van der Waals surface area contributed by atoms with E-state index >= 15 is 0 Å². The molecule has 36 heavy (non-hydrogen) atoms. The number of hydrogen-bond acceptors (Lipinski definition) is 6. The number of alkyl halides is 3. The third-order valence-electron chi connectivity index (χ3n) is 6.73. The van der Waals surface area contributed by atoms with Crippen LogP contribution < -0.4 is 15.8 Å². The summed E-state index contributed by atoms with van der Waals surface area (Å²) in [4.78, 5) is 31.1. The van der Waals surface area contributed by atoms with Crippen LogP contribution in [0.15, 0.2) is 36.4 Å². The highest BCUT2D eigenvalue weighted by Crippen LogP contribution is 2.29. The van der Waals surface area contributed by atoms with Gasteiger partial charge in [-0.2, -0.15) is 0 Å². The van der Waals surface area contributed by atoms with E-state index in [1.54, 1.807) is 12.1 Å². The Balaban J connectivity index is 1.26. The van der Waals surface area contributed by atoms with Gasteiger partial charge in [0.2, 0.25) is 5.91 Å². The zero-order chi connectivity index (χ0) is 25.8. The fourth-order valence-corrected chi connectivity index (χ4v) is 5.73. The molecular weight excluding hydrogens is 493 g/mol. The number of halogens is 3. The normalized spacial score (nSPS) is 18.6. The van der Waals surface area contributed by atoms with Crippen LogP contribution in [-0.2, 0) is 17.9 Å². The summed E-state index contributed by atoms with van der Waals surface area (Å²) in [5.41, 5.74) is 5.95. The minimum absolute atomic E-state index is 0.0686. The van der Waals surface area contributed by atoms with Crippen LogP contribution in [0.2, 0.25) is 0 Å². The van der Waals surface area contributed by atoms with E-state index in [9.17, 15) is 22.8 Å². The van der Waals surface area contributed by atoms with Crippen LogP contribution in [-0.4, -0.2) is 59.7 Å². The summed E-state index contributed by atoms with van der Waals surface area (Å²) in [5.74, 6) is -0.623. The molecule has 1 aromatic carbocycles. The van der Waals surface area contributed by atoms with Gasteiger partial charge in [-0.3, -0.25) is 14.5 Å². The molecule has 11 heteroatoms. The van der Waals surface area contributed by atoms with Crippen molar-refractivity contribution in [2.75, 3.05) is 26.2 Å². The summed E-state index contributed by atoms with van der Waals surface area (Å²) in [6.45, 7) is 3.31. The zero-order valence-electron chi connectivity index (χ0n) is 20.0. The SMILES string of the molecule is NC1(C(=O)N2CCN(Cc3ccc(C(=O)NCc4ccccc4OC(F)(F)F)s3)CC2)CCCCC1. The average Bonchev–Trinajstić information content (AvgIpc) is 3.31. The Morgan fingerprint density at radius 1 is 1.03 bits per heavy atom. The van der Waals surface area contributed by atoms with Crippen LogP contribution in [0.4, 0.5) is 13.2 Å². The number of carbonyl (C=O) groups excluding carboxylic acids is 2. The first-order valence-electron chi connectivity index (χ1n) is 12.1. The van der Waals surface area contributed by atoms with Gasteiger partial charge in [0.25, 0.3) is 5.91 Å². The molecule has 1 saturated carbocycles. The van der Waals surface area contributed by atoms with Crippen LogP contribution in [0.25, 0.3) is 0 Å². The average molecular weight is 525 g/mol. The monoisotopic (exact) mass is 524 g/mol. The van der Waals surface area contributed by atoms with E-state index in [1.165, 1.54) is 29.5 Å². The Morgan fingerprint density at radius 2 is 1.72 bits per heavy atom. The number of ether oxygens (including phenoxy) is 1. The standard InChI is InChI=1S/C25H31F3N4O3S/c26-25(27,28)35-20-7-3-2-6-18(20)16-30-22(33)21-9-8-19(36-21)17-31-12-14-32(15-13-31)23(34)24(29)10-4-1-5-11-24/h2-3,6-9H,1,4-5,10-17,29H2,(H,30,33). The maximum absolute atomic E-state index is 12.9. The number of nitrogens with zero attached hydrogens (tertiary/aromatic N) is 2. The fourth-order valence-electron chi connectivity index (χ4n) is 4.76. The lowest BCUT2D eigenvalue weighted by atomic mass is 9.81. The number of piperazine rings is 1. The summed E-state index contributed by atoms with van der Waals surface area (Å²) >= 11 is 1.35. The van der Waals surface area contributed by atoms with Crippen molar-refractivity contribution in [1.29, 1.82) is 0 Å². The second-order valence-electron chi connectivity index (χ2n) is 9.39. The quantitative estimate of drug-likeness (QED) is 0.574. The molecule has 1 aromatic heterocycles. The summed E-state index contributed by atoms with van der Waals surface area (Å²) in [5, 5.41) is 2.67. The van der Waals surface area contributed by atoms with Crippen LogP contribution in [0.3, 0.4) is 0 Å². The molecule has 4 rings (SSSR count). The third-order valence-corrected chi connectivity index (χ3v) is 7.80. The van der Waals surface area contributed by atoms with E-state index in [4.69, 9.17) is 5.73 Å². The van der Waals surface area contributed by atoms with Crippen LogP contribution in [0, 0.1) is 0 Å². The summed E-state index contributed by atoms with van der Waals surface area (Å²) < 4.78 is 41.9. The smallest absolute Gasteiger partial charge is 0.405 e. The molecule has 0 atom stereocenters. The number of hydrogen-bond donors (Lipinski definition) is 2. The number of amides is 2. The lowest BCUT2D eigenvalue weighted by molar-refractivity contribution is -0.274. The van der Waals surface area contributed by atoms with Gasteiger partial charge < -0.3 is 20.7 Å². The predicted molar refractivity (Wildman–Crippen MR) is 130 cm³/mol. The van der Waals surface area contributed by atoms with Crippen molar-refractivity contribution >= 4 is 23.2 Å². The minimum Gasteiger partial charge on any atom is -0.405 e. The molecule has 2 aromatic rings. The van der Waals surface area contributed by atoms with E-state index in [0.717, 1.165) is 50.1 Å². The third kappa shape index (κ3) is 6.77. The topological polar surface area (TPSA) is 87.9 Å². The number of rotatable bonds is 7. The number of nitrogens with two attached hydrogens (primary N) is 1. The zero-order valence-corrected chi connectivity index (χ0v) is 20.8. The van der Waals surface area contributed by atoms with Gasteiger partial charge in [-0.25, -0.2) is 0 Å². The summed E-state index contributed by atoms with van der Waals surface area (Å²) in [6.07, 6.45) is -0.140. The first-order valence-corrected chi connectivity index (χ1v) is 13.0. The van der Waals surface area contributed by atoms with Gasteiger partial charge in [0, 0.05) is 49.7 Å². The molecule has 2 heterocycles. The molecule has 0 radical (unpaired) electrons. The Bertz CT molecular complexity index is 1060. The van der Waals surface area contributed by atoms with Gasteiger partial charge in [0.15, 0.2) is 0 Å². The first kappa shape index (κ1) is 26.4. The molecule has 1 aliphatic carbocycles. The van der Waals surface area contributed by atoms with Gasteiger partial charge in [0.1, 0.15) is 5.75 Å². The van der Waals surface area contributed by atoms with Gasteiger partial charge in [-0.15, -0.1) is 24.5 Å². The van der Waals surface area contributed by atoms with E-state index in [2.05, 4.69) is 15.0 Å². The van der Waals surface area contributed by atoms with Crippen molar-refractivity contribution in [1.82, 2.24) is 15.1 Å². The molecule has 196 valence electrons. The molecule has 3 N–H and O–H groups in total. The Labute approximate surface area is 212 Å². The molecule has 2 fully saturated rings. The maximum atomic E-state index is 12.9. The number of para-hydroxylation sites is 1. The highest BCUT2D eigenvalue weighted by Gasteiger charge is 2.39. The van der Waals surface area contributed by atoms with Gasteiger partial charge in [0.05, 0.1) is 10.4 Å². The Kier molecular flexibility index (Phi) is 8.21. The van der Waals surface area contributed by atoms with Crippen molar-refractivity contribution in [3.05, 3.63) is 51.7 Å². The van der Waals surface area contributed by atoms with E-state index < -0.39 is 11.9 Å². The molecule has 2 aliphatic rings. The van der Waals surface area contributed by atoms with Gasteiger partial charge >= 0.3 is 6.36 Å². The van der Waals surface area contributed by atoms with Crippen LogP contribution >= 0.6 is 11.3 Å². The molecule has 2 amide bonds. The van der Waals surface area contributed by atoms with Crippen LogP contribution in [0.5, 0.6) is 5.75 Å². The van der Waals surface area contributed by atoms with Crippen molar-refractivity contribution < 1.29 is 27.5 Å². The van der Waals surface area contributed by atoms with Gasteiger partial charge in [-0.05, 0) is 31.0 Å². The maximum Gasteiger partial charge on any atom is 0.573 e. The van der Waals surface area contributed by atoms with Crippen molar-refractivity contribution in [2.45, 2.75) is 57.1 Å². The highest BCUT2D eigenvalue weighted by molar-refractivity contribution is 7.14. The number of benzene rings is 1. The second kappa shape index (κ2) is 11.2. The summed E-state index contributed by atoms with van der Waals surface area (Å²) in [6, 6.07) is 9.32. The predicted octanol–water partition coefficient (Wildman–Crippen LogP) is 3.88. The van der Waals surface area contributed by atoms with E-state index in [1.807, 2.05) is 11.0 Å². The van der Waals surface area contributed by atoms with E-state index in [0.29, 0.717) is 24.5 Å². The molecule has 7 nitrogen and oxygen atoms in total. The lowest BCUT2D eigenvalue weighted by Crippen LogP contribution is -2.60. The highest BCUT2D eigenvalue weighted by atomic mass is 32.1. The molecule has 0 unspecified atom stereocenters. The number of carbonyl (C=O) groups is 2. The Hall–Kier alpha value is -2.63. The Morgan fingerprint density at radius 3 is 2.42 bits per heavy atom. The number of thiophene rings is 1. The van der Waals surface area contributed by atoms with Gasteiger partial charge in [-0.1, -0.05) is 37.5 Å². The fraction of sp³-hybridized carbons (Fsp3) is 0.520. The number of nitrogens with one attached hydrogen (secondary N) is 1. The van der Waals surface area contributed by atoms with Crippen LogP contribution in [0.1, 0.15) is 52.2 Å². The summed E-state index contributed by atoms with van der Waals surface area (Å²) in [7, 11) is 0. The lowest BCUT2D eigenvalue weighted by Gasteiger charge is -2.41. The molecule has 1 aliphatic heterocycles. The molecule has 0 spiro atoms. The van der Waals surface area contributed by atoms with Crippen molar-refractivity contribution in [3.8, 4) is 5.75 Å². The molecule has 0 bridgehead atoms. The van der Waals surface area contributed by atoms with Crippen molar-refractivity contribution in [2.24, 2.45) is 5.73 Å². The molecular formula is C25H31F3N4O3S. The first-order chi connectivity index (χ1) is 17.1.